The molecule has 2 aromatic heterocycles. The van der Waals surface area contributed by atoms with Gasteiger partial charge in [-0.25, -0.2) is 9.97 Å². The van der Waals surface area contributed by atoms with Crippen LogP contribution in [0.3, 0.4) is 0 Å². The molecule has 0 atom stereocenters. The van der Waals surface area contributed by atoms with Crippen molar-refractivity contribution in [2.75, 3.05) is 13.2 Å². The summed E-state index contributed by atoms with van der Waals surface area (Å²) in [6.07, 6.45) is 5.51. The summed E-state index contributed by atoms with van der Waals surface area (Å²) in [6, 6.07) is 2.05. The van der Waals surface area contributed by atoms with Crippen molar-refractivity contribution < 1.29 is 9.16 Å². The molecule has 0 N–H and O–H groups in total. The molecular weight excluding hydrogens is 294 g/mol. The molecule has 1 aliphatic heterocycles. The van der Waals surface area contributed by atoms with Crippen LogP contribution in [0.15, 0.2) is 24.8 Å². The average Bonchev–Trinajstić information content (AvgIpc) is 2.79. The van der Waals surface area contributed by atoms with E-state index in [0.717, 1.165) is 11.0 Å². The topological polar surface area (TPSA) is 49.2 Å². The van der Waals surface area contributed by atoms with Crippen LogP contribution in [0.4, 0.5) is 0 Å². The van der Waals surface area contributed by atoms with Gasteiger partial charge >= 0.3 is 0 Å². The molecular formula is C16H23N3O2Si. The van der Waals surface area contributed by atoms with Gasteiger partial charge in [-0.2, -0.15) is 0 Å². The molecule has 2 radical (unpaired) electrons. The van der Waals surface area contributed by atoms with Crippen LogP contribution in [0.2, 0.25) is 5.04 Å². The molecule has 5 nitrogen and oxygen atoms in total. The third kappa shape index (κ3) is 2.49. The summed E-state index contributed by atoms with van der Waals surface area (Å²) < 4.78 is 14.2. The van der Waals surface area contributed by atoms with Crippen molar-refractivity contribution in [3.63, 3.8) is 0 Å². The van der Waals surface area contributed by atoms with Crippen molar-refractivity contribution >= 4 is 20.8 Å². The minimum atomic E-state index is -0.339. The molecule has 0 amide bonds. The highest BCUT2D eigenvalue weighted by atomic mass is 28.2. The van der Waals surface area contributed by atoms with E-state index in [4.69, 9.17) is 9.16 Å². The van der Waals surface area contributed by atoms with E-state index in [9.17, 15) is 0 Å². The fraction of sp³-hybridized carbons (Fsp3) is 0.625. The first-order chi connectivity index (χ1) is 10.3. The Morgan fingerprint density at radius 1 is 1.27 bits per heavy atom. The van der Waals surface area contributed by atoms with Crippen LogP contribution >= 0.6 is 0 Å². The monoisotopic (exact) mass is 317 g/mol. The Morgan fingerprint density at radius 2 is 2.00 bits per heavy atom. The molecule has 2 aromatic rings. The first kappa shape index (κ1) is 15.6. The van der Waals surface area contributed by atoms with E-state index in [1.54, 1.807) is 6.33 Å². The van der Waals surface area contributed by atoms with Crippen LogP contribution in [-0.2, 0) is 14.7 Å². The second-order valence-corrected chi connectivity index (χ2v) is 9.38. The number of nitrogens with zero attached hydrogens (tertiary/aromatic N) is 3. The standard InChI is InChI=1S/C16H23N3O2Si/c1-14(2,3)22-21-15(4,5)16(9-20-10-16)19-7-6-12-8-17-11-18-13(12)19/h6-8,11H,9-10H2,1-5H3. The number of rotatable bonds is 4. The Balaban J connectivity index is 1.98. The van der Waals surface area contributed by atoms with Gasteiger partial charge in [0.05, 0.1) is 18.8 Å². The lowest BCUT2D eigenvalue weighted by Gasteiger charge is -2.53. The number of ether oxygens (including phenoxy) is 1. The summed E-state index contributed by atoms with van der Waals surface area (Å²) in [5, 5.41) is 1.20. The molecule has 0 saturated carbocycles. The van der Waals surface area contributed by atoms with Gasteiger partial charge in [-0.15, -0.1) is 0 Å². The Morgan fingerprint density at radius 3 is 2.59 bits per heavy atom. The van der Waals surface area contributed by atoms with Gasteiger partial charge in [-0.3, -0.25) is 0 Å². The average molecular weight is 317 g/mol. The van der Waals surface area contributed by atoms with E-state index in [2.05, 4.69) is 61.4 Å². The van der Waals surface area contributed by atoms with Crippen LogP contribution < -0.4 is 0 Å². The summed E-state index contributed by atoms with van der Waals surface area (Å²) in [7, 11) is 0.433. The predicted octanol–water partition coefficient (Wildman–Crippen LogP) is 2.79. The van der Waals surface area contributed by atoms with E-state index in [0.29, 0.717) is 23.0 Å². The lowest BCUT2D eigenvalue weighted by atomic mass is 9.80. The Kier molecular flexibility index (Phi) is 3.66. The number of hydrogen-bond acceptors (Lipinski definition) is 4. The molecule has 0 spiro atoms. The molecule has 3 rings (SSSR count). The van der Waals surface area contributed by atoms with Crippen LogP contribution in [0.25, 0.3) is 11.0 Å². The fourth-order valence-corrected chi connectivity index (χ4v) is 3.42. The zero-order valence-electron chi connectivity index (χ0n) is 13.9. The SMILES string of the molecule is CC(C)(C)[Si]OC(C)(C)C1(n2ccc3cncnc32)COC1. The van der Waals surface area contributed by atoms with Gasteiger partial charge in [0.2, 0.25) is 9.76 Å². The molecule has 0 bridgehead atoms. The maximum absolute atomic E-state index is 6.36. The van der Waals surface area contributed by atoms with Gasteiger partial charge < -0.3 is 13.7 Å². The number of aromatic nitrogens is 3. The third-order valence-electron chi connectivity index (χ3n) is 4.23. The van der Waals surface area contributed by atoms with Crippen LogP contribution in [0.1, 0.15) is 34.6 Å². The summed E-state index contributed by atoms with van der Waals surface area (Å²) in [5.74, 6) is 0. The smallest absolute Gasteiger partial charge is 0.236 e. The third-order valence-corrected chi connectivity index (χ3v) is 5.45. The minimum absolute atomic E-state index is 0.157. The maximum Gasteiger partial charge on any atom is 0.236 e. The molecule has 1 aliphatic rings. The van der Waals surface area contributed by atoms with Gasteiger partial charge in [-0.1, -0.05) is 20.8 Å². The molecule has 118 valence electrons. The molecule has 1 fully saturated rings. The molecule has 0 aliphatic carbocycles. The highest BCUT2D eigenvalue weighted by molar-refractivity contribution is 6.31. The van der Waals surface area contributed by atoms with E-state index >= 15 is 0 Å². The summed E-state index contributed by atoms with van der Waals surface area (Å²) >= 11 is 0. The summed E-state index contributed by atoms with van der Waals surface area (Å²) in [5.41, 5.74) is 0.379. The zero-order chi connectivity index (χ0) is 16.0. The first-order valence-corrected chi connectivity index (χ1v) is 8.47. The molecule has 6 heteroatoms. The van der Waals surface area contributed by atoms with Gasteiger partial charge in [0.1, 0.15) is 17.5 Å². The second kappa shape index (κ2) is 5.14. The van der Waals surface area contributed by atoms with E-state index in [1.165, 1.54) is 0 Å². The predicted molar refractivity (Wildman–Crippen MR) is 87.0 cm³/mol. The second-order valence-electron chi connectivity index (χ2n) is 7.48. The Bertz CT molecular complexity index is 671. The number of hydrogen-bond donors (Lipinski definition) is 0. The van der Waals surface area contributed by atoms with E-state index < -0.39 is 0 Å². The lowest BCUT2D eigenvalue weighted by Crippen LogP contribution is -2.65. The maximum atomic E-state index is 6.36. The summed E-state index contributed by atoms with van der Waals surface area (Å²) in [4.78, 5) is 8.55. The first-order valence-electron chi connectivity index (χ1n) is 7.56. The number of fused-ring (bicyclic) bond motifs is 1. The highest BCUT2D eigenvalue weighted by Gasteiger charge is 2.54. The van der Waals surface area contributed by atoms with Crippen LogP contribution in [0.5, 0.6) is 0 Å². The van der Waals surface area contributed by atoms with Crippen molar-refractivity contribution in [1.29, 1.82) is 0 Å². The van der Waals surface area contributed by atoms with Crippen molar-refractivity contribution in [2.24, 2.45) is 0 Å². The minimum Gasteiger partial charge on any atom is -0.409 e. The molecule has 1 saturated heterocycles. The fourth-order valence-electron chi connectivity index (χ4n) is 2.67. The Labute approximate surface area is 134 Å². The van der Waals surface area contributed by atoms with Crippen molar-refractivity contribution in [3.8, 4) is 0 Å². The lowest BCUT2D eigenvalue weighted by molar-refractivity contribution is -0.184. The molecule has 22 heavy (non-hydrogen) atoms. The molecule has 0 unspecified atom stereocenters. The normalized spacial score (nSPS) is 18.4. The zero-order valence-corrected chi connectivity index (χ0v) is 14.9. The molecule has 3 heterocycles. The van der Waals surface area contributed by atoms with Crippen molar-refractivity contribution in [2.45, 2.75) is 50.8 Å². The van der Waals surface area contributed by atoms with Crippen molar-refractivity contribution in [3.05, 3.63) is 24.8 Å². The highest BCUT2D eigenvalue weighted by Crippen LogP contribution is 2.42. The van der Waals surface area contributed by atoms with Gasteiger partial charge in [0.25, 0.3) is 0 Å². The van der Waals surface area contributed by atoms with Gasteiger partial charge in [-0.05, 0) is 25.0 Å². The van der Waals surface area contributed by atoms with Gasteiger partial charge in [0.15, 0.2) is 0 Å². The Hall–Kier alpha value is -1.24. The van der Waals surface area contributed by atoms with E-state index in [-0.39, 0.29) is 16.2 Å². The van der Waals surface area contributed by atoms with E-state index in [1.807, 2.05) is 6.20 Å². The van der Waals surface area contributed by atoms with Crippen LogP contribution in [0, 0.1) is 0 Å². The van der Waals surface area contributed by atoms with Crippen molar-refractivity contribution in [1.82, 2.24) is 14.5 Å². The molecule has 0 aromatic carbocycles. The van der Waals surface area contributed by atoms with Gasteiger partial charge in [0, 0.05) is 17.8 Å². The largest absolute Gasteiger partial charge is 0.409 e. The summed E-state index contributed by atoms with van der Waals surface area (Å²) in [6.45, 7) is 12.2. The quantitative estimate of drug-likeness (QED) is 0.814. The van der Waals surface area contributed by atoms with Crippen LogP contribution in [-0.4, -0.2) is 43.1 Å².